The summed E-state index contributed by atoms with van der Waals surface area (Å²) in [4.78, 5) is 3.14. The Morgan fingerprint density at radius 2 is 2.20 bits per heavy atom. The van der Waals surface area contributed by atoms with Gasteiger partial charge in [-0.3, -0.25) is 0 Å². The van der Waals surface area contributed by atoms with Crippen LogP contribution in [0.3, 0.4) is 0 Å². The van der Waals surface area contributed by atoms with Crippen molar-refractivity contribution in [3.8, 4) is 0 Å². The van der Waals surface area contributed by atoms with E-state index in [2.05, 4.69) is 39.3 Å². The molecule has 0 saturated heterocycles. The van der Waals surface area contributed by atoms with Crippen LogP contribution in [-0.2, 0) is 0 Å². The molecule has 2 nitrogen and oxygen atoms in total. The Balaban J connectivity index is 2.13. The SMILES string of the molecule is CC1(C)CCCC(n2c(=S)[nH]c3cc(F)c(Br)cc32)C1. The molecule has 0 bridgehead atoms. The highest BCUT2D eigenvalue weighted by atomic mass is 79.9. The number of H-pyrrole nitrogens is 1. The third kappa shape index (κ3) is 2.46. The predicted molar refractivity (Wildman–Crippen MR) is 86.1 cm³/mol. The van der Waals surface area contributed by atoms with Crippen LogP contribution in [0, 0.1) is 16.0 Å². The van der Waals surface area contributed by atoms with Gasteiger partial charge < -0.3 is 9.55 Å². The maximum absolute atomic E-state index is 13.6. The fraction of sp³-hybridized carbons (Fsp3) is 0.533. The number of aromatic nitrogens is 2. The average molecular weight is 357 g/mol. The molecule has 1 fully saturated rings. The van der Waals surface area contributed by atoms with Gasteiger partial charge in [0.1, 0.15) is 5.82 Å². The minimum atomic E-state index is -0.259. The van der Waals surface area contributed by atoms with Crippen molar-refractivity contribution in [3.05, 3.63) is 27.2 Å². The molecule has 1 unspecified atom stereocenters. The first-order chi connectivity index (χ1) is 9.37. The number of rotatable bonds is 1. The fourth-order valence-corrected chi connectivity index (χ4v) is 4.05. The lowest BCUT2D eigenvalue weighted by atomic mass is 9.75. The molecular weight excluding hydrogens is 339 g/mol. The molecule has 1 aromatic heterocycles. The number of fused-ring (bicyclic) bond motifs is 1. The number of aromatic amines is 1. The number of halogens is 2. The zero-order valence-corrected chi connectivity index (χ0v) is 14.1. The Morgan fingerprint density at radius 3 is 2.90 bits per heavy atom. The van der Waals surface area contributed by atoms with Gasteiger partial charge in [-0.15, -0.1) is 0 Å². The monoisotopic (exact) mass is 356 g/mol. The van der Waals surface area contributed by atoms with E-state index in [0.29, 0.717) is 20.7 Å². The molecule has 1 N–H and O–H groups in total. The molecule has 5 heteroatoms. The van der Waals surface area contributed by atoms with Crippen molar-refractivity contribution >= 4 is 39.2 Å². The number of hydrogen-bond acceptors (Lipinski definition) is 1. The highest BCUT2D eigenvalue weighted by molar-refractivity contribution is 9.10. The second-order valence-corrected chi connectivity index (χ2v) is 7.74. The molecule has 1 aliphatic rings. The maximum atomic E-state index is 13.6. The van der Waals surface area contributed by atoms with Crippen LogP contribution in [0.2, 0.25) is 0 Å². The van der Waals surface area contributed by atoms with Crippen molar-refractivity contribution in [2.75, 3.05) is 0 Å². The van der Waals surface area contributed by atoms with Crippen LogP contribution in [0.1, 0.15) is 45.6 Å². The Bertz CT molecular complexity index is 716. The summed E-state index contributed by atoms with van der Waals surface area (Å²) in [5.41, 5.74) is 2.11. The zero-order valence-electron chi connectivity index (χ0n) is 11.7. The normalized spacial score (nSPS) is 22.3. The van der Waals surface area contributed by atoms with Gasteiger partial charge in [0.25, 0.3) is 0 Å². The number of nitrogens with one attached hydrogen (secondary N) is 1. The van der Waals surface area contributed by atoms with E-state index in [1.807, 2.05) is 6.07 Å². The first kappa shape index (κ1) is 14.3. The lowest BCUT2D eigenvalue weighted by Gasteiger charge is -2.36. The lowest BCUT2D eigenvalue weighted by Crippen LogP contribution is -2.25. The van der Waals surface area contributed by atoms with Crippen LogP contribution in [0.25, 0.3) is 11.0 Å². The molecule has 0 aliphatic heterocycles. The molecule has 1 heterocycles. The van der Waals surface area contributed by atoms with Gasteiger partial charge in [0, 0.05) is 12.1 Å². The van der Waals surface area contributed by atoms with Gasteiger partial charge in [0.15, 0.2) is 4.77 Å². The van der Waals surface area contributed by atoms with Gasteiger partial charge in [-0.2, -0.15) is 0 Å². The molecular formula is C15H18BrFN2S. The fourth-order valence-electron chi connectivity index (χ4n) is 3.36. The predicted octanol–water partition coefficient (Wildman–Crippen LogP) is 5.74. The van der Waals surface area contributed by atoms with Crippen LogP contribution < -0.4 is 0 Å². The number of imidazole rings is 1. The highest BCUT2D eigenvalue weighted by Crippen LogP contribution is 2.42. The van der Waals surface area contributed by atoms with Crippen LogP contribution in [0.15, 0.2) is 16.6 Å². The zero-order chi connectivity index (χ0) is 14.5. The van der Waals surface area contributed by atoms with Crippen LogP contribution in [-0.4, -0.2) is 9.55 Å². The molecule has 0 spiro atoms. The van der Waals surface area contributed by atoms with Gasteiger partial charge >= 0.3 is 0 Å². The molecule has 0 radical (unpaired) electrons. The quantitative estimate of drug-likeness (QED) is 0.645. The second kappa shape index (κ2) is 4.95. The Hall–Kier alpha value is -0.680. The van der Waals surface area contributed by atoms with Crippen molar-refractivity contribution in [2.45, 2.75) is 45.6 Å². The van der Waals surface area contributed by atoms with Gasteiger partial charge in [-0.1, -0.05) is 20.3 Å². The number of benzene rings is 1. The molecule has 1 aromatic carbocycles. The molecule has 108 valence electrons. The second-order valence-electron chi connectivity index (χ2n) is 6.50. The molecule has 1 aliphatic carbocycles. The van der Waals surface area contributed by atoms with E-state index >= 15 is 0 Å². The number of hydrogen-bond donors (Lipinski definition) is 1. The topological polar surface area (TPSA) is 20.7 Å². The van der Waals surface area contributed by atoms with E-state index in [1.54, 1.807) is 0 Å². The summed E-state index contributed by atoms with van der Waals surface area (Å²) in [5, 5.41) is 0. The summed E-state index contributed by atoms with van der Waals surface area (Å²) in [6.45, 7) is 4.63. The minimum absolute atomic E-state index is 0.259. The Morgan fingerprint density at radius 1 is 1.45 bits per heavy atom. The van der Waals surface area contributed by atoms with Crippen molar-refractivity contribution in [2.24, 2.45) is 5.41 Å². The average Bonchev–Trinajstić information content (AvgIpc) is 2.64. The summed E-state index contributed by atoms with van der Waals surface area (Å²) in [5.74, 6) is -0.259. The lowest BCUT2D eigenvalue weighted by molar-refractivity contribution is 0.185. The van der Waals surface area contributed by atoms with Gasteiger partial charge in [-0.05, 0) is 58.9 Å². The van der Waals surface area contributed by atoms with Crippen molar-refractivity contribution in [1.82, 2.24) is 9.55 Å². The first-order valence-corrected chi connectivity index (χ1v) is 8.17. The minimum Gasteiger partial charge on any atom is -0.330 e. The van der Waals surface area contributed by atoms with E-state index in [1.165, 1.54) is 18.9 Å². The van der Waals surface area contributed by atoms with E-state index in [4.69, 9.17) is 12.2 Å². The number of nitrogens with zero attached hydrogens (tertiary/aromatic N) is 1. The van der Waals surface area contributed by atoms with Crippen molar-refractivity contribution in [3.63, 3.8) is 0 Å². The van der Waals surface area contributed by atoms with Crippen molar-refractivity contribution in [1.29, 1.82) is 0 Å². The Labute approximate surface area is 131 Å². The summed E-state index contributed by atoms with van der Waals surface area (Å²) in [6, 6.07) is 3.75. The van der Waals surface area contributed by atoms with E-state index < -0.39 is 0 Å². The van der Waals surface area contributed by atoms with E-state index in [-0.39, 0.29) is 5.82 Å². The summed E-state index contributed by atoms with van der Waals surface area (Å²) >= 11 is 8.73. The van der Waals surface area contributed by atoms with E-state index in [9.17, 15) is 4.39 Å². The summed E-state index contributed by atoms with van der Waals surface area (Å²) in [7, 11) is 0. The largest absolute Gasteiger partial charge is 0.330 e. The van der Waals surface area contributed by atoms with Gasteiger partial charge in [0.2, 0.25) is 0 Å². The smallest absolute Gasteiger partial charge is 0.178 e. The maximum Gasteiger partial charge on any atom is 0.178 e. The molecule has 3 rings (SSSR count). The molecule has 1 saturated carbocycles. The van der Waals surface area contributed by atoms with Gasteiger partial charge in [-0.25, -0.2) is 4.39 Å². The van der Waals surface area contributed by atoms with Crippen LogP contribution in [0.4, 0.5) is 4.39 Å². The standard InChI is InChI=1S/C15H18BrFN2S/c1-15(2)5-3-4-9(8-15)19-13-6-10(16)11(17)7-12(13)18-14(19)20/h6-7,9H,3-5,8H2,1-2H3,(H,18,20). The van der Waals surface area contributed by atoms with Crippen LogP contribution in [0.5, 0.6) is 0 Å². The highest BCUT2D eigenvalue weighted by Gasteiger charge is 2.30. The molecule has 2 aromatic rings. The molecule has 0 amide bonds. The summed E-state index contributed by atoms with van der Waals surface area (Å²) < 4.78 is 17.0. The van der Waals surface area contributed by atoms with Crippen LogP contribution >= 0.6 is 28.1 Å². The van der Waals surface area contributed by atoms with Crippen molar-refractivity contribution < 1.29 is 4.39 Å². The molecule has 20 heavy (non-hydrogen) atoms. The third-order valence-corrected chi connectivity index (χ3v) is 5.21. The summed E-state index contributed by atoms with van der Waals surface area (Å²) in [6.07, 6.45) is 4.73. The first-order valence-electron chi connectivity index (χ1n) is 6.97. The molecule has 1 atom stereocenters. The van der Waals surface area contributed by atoms with E-state index in [0.717, 1.165) is 23.9 Å². The van der Waals surface area contributed by atoms with Gasteiger partial charge in [0.05, 0.1) is 15.5 Å². The Kier molecular flexibility index (Phi) is 3.53. The third-order valence-electron chi connectivity index (χ3n) is 4.30.